The summed E-state index contributed by atoms with van der Waals surface area (Å²) in [7, 11) is 0. The number of aromatic nitrogens is 2. The quantitative estimate of drug-likeness (QED) is 0.194. The van der Waals surface area contributed by atoms with E-state index < -0.39 is 11.4 Å². The lowest BCUT2D eigenvalue weighted by atomic mass is 9.82. The first-order valence-electron chi connectivity index (χ1n) is 12.0. The number of esters is 1. The molecule has 0 aliphatic rings. The number of unbranched alkanes of at least 4 members (excludes halogenated alkanes) is 5. The van der Waals surface area contributed by atoms with Gasteiger partial charge in [0.15, 0.2) is 11.2 Å². The molecule has 1 heterocycles. The molecule has 0 radical (unpaired) electrons. The summed E-state index contributed by atoms with van der Waals surface area (Å²) in [5, 5.41) is 9.53. The van der Waals surface area contributed by atoms with Crippen LogP contribution < -0.4 is 4.74 Å². The summed E-state index contributed by atoms with van der Waals surface area (Å²) in [6.45, 7) is 7.97. The number of hydrogen-bond donors (Lipinski definition) is 0. The lowest BCUT2D eigenvalue weighted by molar-refractivity contribution is -0.142. The van der Waals surface area contributed by atoms with Crippen LogP contribution in [0, 0.1) is 22.7 Å². The van der Waals surface area contributed by atoms with Gasteiger partial charge in [0.2, 0.25) is 0 Å². The van der Waals surface area contributed by atoms with Gasteiger partial charge in [0.25, 0.3) is 0 Å². The molecule has 2 aromatic rings. The molecule has 1 aromatic carbocycles. The Bertz CT molecular complexity index is 871. The molecule has 5 nitrogen and oxygen atoms in total. The Hall–Kier alpha value is -2.74. The van der Waals surface area contributed by atoms with E-state index in [1.54, 1.807) is 19.1 Å². The van der Waals surface area contributed by atoms with Crippen LogP contribution in [0.25, 0.3) is 11.4 Å². The third kappa shape index (κ3) is 7.75. The highest BCUT2D eigenvalue weighted by Gasteiger charge is 2.36. The Balaban J connectivity index is 1.91. The topological polar surface area (TPSA) is 75.9 Å². The number of hydrogen-bond acceptors (Lipinski definition) is 5. The van der Waals surface area contributed by atoms with Gasteiger partial charge in [-0.15, -0.1) is 0 Å². The van der Waals surface area contributed by atoms with E-state index in [0.29, 0.717) is 18.0 Å². The molecule has 1 aromatic heterocycles. The van der Waals surface area contributed by atoms with Gasteiger partial charge in [-0.2, -0.15) is 5.26 Å². The van der Waals surface area contributed by atoms with Crippen LogP contribution in [-0.4, -0.2) is 15.9 Å². The number of nitrogens with zero attached hydrogens (tertiary/aromatic N) is 3. The molecular formula is C27H37N3O2. The van der Waals surface area contributed by atoms with Crippen LogP contribution in [0.5, 0.6) is 5.75 Å². The smallest absolute Gasteiger partial charge is 0.331 e. The number of nitriles is 1. The Morgan fingerprint density at radius 2 is 1.69 bits per heavy atom. The van der Waals surface area contributed by atoms with Gasteiger partial charge in [0.1, 0.15) is 5.75 Å². The minimum Gasteiger partial charge on any atom is -0.425 e. The van der Waals surface area contributed by atoms with Crippen LogP contribution >= 0.6 is 0 Å². The van der Waals surface area contributed by atoms with Crippen LogP contribution in [0.4, 0.5) is 0 Å². The lowest BCUT2D eigenvalue weighted by Gasteiger charge is -2.22. The second-order valence-corrected chi connectivity index (χ2v) is 9.01. The summed E-state index contributed by atoms with van der Waals surface area (Å²) in [4.78, 5) is 21.6. The second kappa shape index (κ2) is 13.0. The first-order valence-corrected chi connectivity index (χ1v) is 12.0. The van der Waals surface area contributed by atoms with Crippen molar-refractivity contribution in [3.63, 3.8) is 0 Å². The fourth-order valence-corrected chi connectivity index (χ4v) is 3.65. The van der Waals surface area contributed by atoms with Crippen molar-refractivity contribution in [1.82, 2.24) is 9.97 Å². The molecule has 0 spiro atoms. The molecule has 0 bridgehead atoms. The molecule has 0 saturated carbocycles. The van der Waals surface area contributed by atoms with E-state index in [4.69, 9.17) is 4.74 Å². The van der Waals surface area contributed by atoms with Crippen LogP contribution in [0.1, 0.15) is 84.6 Å². The zero-order chi connectivity index (χ0) is 23.4. The molecule has 172 valence electrons. The largest absolute Gasteiger partial charge is 0.425 e. The van der Waals surface area contributed by atoms with E-state index in [9.17, 15) is 10.1 Å². The monoisotopic (exact) mass is 435 g/mol. The molecule has 32 heavy (non-hydrogen) atoms. The van der Waals surface area contributed by atoms with Crippen LogP contribution in [0.3, 0.4) is 0 Å². The predicted octanol–water partition coefficient (Wildman–Crippen LogP) is 6.92. The first kappa shape index (κ1) is 25.5. The van der Waals surface area contributed by atoms with Crippen molar-refractivity contribution in [3.05, 3.63) is 42.2 Å². The van der Waals surface area contributed by atoms with Crippen molar-refractivity contribution in [1.29, 1.82) is 5.26 Å². The summed E-state index contributed by atoms with van der Waals surface area (Å²) in [6.07, 6.45) is 13.9. The first-order chi connectivity index (χ1) is 15.4. The van der Waals surface area contributed by atoms with Crippen LogP contribution in [-0.2, 0) is 11.2 Å². The molecule has 5 heteroatoms. The Kier molecular flexibility index (Phi) is 10.3. The van der Waals surface area contributed by atoms with E-state index in [0.717, 1.165) is 24.0 Å². The summed E-state index contributed by atoms with van der Waals surface area (Å²) >= 11 is 0. The van der Waals surface area contributed by atoms with Crippen molar-refractivity contribution < 1.29 is 9.53 Å². The van der Waals surface area contributed by atoms with Gasteiger partial charge in [-0.05, 0) is 61.9 Å². The number of ether oxygens (including phenoxy) is 1. The summed E-state index contributed by atoms with van der Waals surface area (Å²) < 4.78 is 5.50. The summed E-state index contributed by atoms with van der Waals surface area (Å²) in [5.41, 5.74) is 0.869. The number of carbonyl (C=O) groups is 1. The van der Waals surface area contributed by atoms with Gasteiger partial charge in [0, 0.05) is 18.0 Å². The fraction of sp³-hybridized carbons (Fsp3) is 0.556. The average Bonchev–Trinajstić information content (AvgIpc) is 2.82. The van der Waals surface area contributed by atoms with E-state index in [1.807, 2.05) is 31.5 Å². The summed E-state index contributed by atoms with van der Waals surface area (Å²) in [6, 6.07) is 9.26. The van der Waals surface area contributed by atoms with Gasteiger partial charge < -0.3 is 4.74 Å². The fourth-order valence-electron chi connectivity index (χ4n) is 3.65. The van der Waals surface area contributed by atoms with Gasteiger partial charge in [-0.25, -0.2) is 14.8 Å². The van der Waals surface area contributed by atoms with E-state index in [1.165, 1.54) is 38.5 Å². The molecule has 0 amide bonds. The maximum atomic E-state index is 12.6. The van der Waals surface area contributed by atoms with Crippen molar-refractivity contribution in [2.45, 2.75) is 85.5 Å². The zero-order valence-corrected chi connectivity index (χ0v) is 20.1. The predicted molar refractivity (Wildman–Crippen MR) is 128 cm³/mol. The standard InChI is InChI=1S/C27H37N3O2/c1-5-7-8-9-10-11-12-22-18-29-25(30-19-22)23-13-15-24(16-14-23)32-26(31)27(4,20-28)17-21(3)6-2/h13-16,18-19,21H,5-12,17H2,1-4H3. The Morgan fingerprint density at radius 1 is 1.06 bits per heavy atom. The highest BCUT2D eigenvalue weighted by atomic mass is 16.5. The van der Waals surface area contributed by atoms with Gasteiger partial charge >= 0.3 is 5.97 Å². The molecule has 0 saturated heterocycles. The maximum absolute atomic E-state index is 12.6. The van der Waals surface area contributed by atoms with E-state index in [-0.39, 0.29) is 5.92 Å². The third-order valence-electron chi connectivity index (χ3n) is 6.00. The van der Waals surface area contributed by atoms with Gasteiger partial charge in [-0.1, -0.05) is 59.3 Å². The Labute approximate surface area is 193 Å². The molecule has 0 fully saturated rings. The SMILES string of the molecule is CCCCCCCCc1cnc(-c2ccc(OC(=O)C(C)(C#N)CC(C)CC)cc2)nc1. The number of benzene rings is 1. The summed E-state index contributed by atoms with van der Waals surface area (Å²) in [5.74, 6) is 0.830. The molecule has 0 aliphatic heterocycles. The van der Waals surface area contributed by atoms with Gasteiger partial charge in [-0.3, -0.25) is 0 Å². The minimum absolute atomic E-state index is 0.274. The number of carbonyl (C=O) groups excluding carboxylic acids is 1. The molecule has 0 aliphatic carbocycles. The normalized spacial score (nSPS) is 13.7. The molecular weight excluding hydrogens is 398 g/mol. The average molecular weight is 436 g/mol. The third-order valence-corrected chi connectivity index (χ3v) is 6.00. The Morgan fingerprint density at radius 3 is 2.28 bits per heavy atom. The second-order valence-electron chi connectivity index (χ2n) is 9.01. The minimum atomic E-state index is -1.15. The molecule has 2 unspecified atom stereocenters. The van der Waals surface area contributed by atoms with Gasteiger partial charge in [0.05, 0.1) is 6.07 Å². The zero-order valence-electron chi connectivity index (χ0n) is 20.1. The highest BCUT2D eigenvalue weighted by Crippen LogP contribution is 2.30. The lowest BCUT2D eigenvalue weighted by Crippen LogP contribution is -2.32. The van der Waals surface area contributed by atoms with E-state index >= 15 is 0 Å². The van der Waals surface area contributed by atoms with Crippen molar-refractivity contribution in [2.75, 3.05) is 0 Å². The van der Waals surface area contributed by atoms with Crippen LogP contribution in [0.2, 0.25) is 0 Å². The molecule has 0 N–H and O–H groups in total. The maximum Gasteiger partial charge on any atom is 0.331 e. The van der Waals surface area contributed by atoms with Crippen molar-refractivity contribution in [2.24, 2.45) is 11.3 Å². The molecule has 2 rings (SSSR count). The highest BCUT2D eigenvalue weighted by molar-refractivity contribution is 5.81. The van der Waals surface area contributed by atoms with Crippen molar-refractivity contribution in [3.8, 4) is 23.2 Å². The molecule has 2 atom stereocenters. The van der Waals surface area contributed by atoms with Crippen molar-refractivity contribution >= 4 is 5.97 Å². The van der Waals surface area contributed by atoms with E-state index in [2.05, 4.69) is 29.9 Å². The number of aryl methyl sites for hydroxylation is 1. The van der Waals surface area contributed by atoms with Crippen LogP contribution in [0.15, 0.2) is 36.7 Å². The number of rotatable bonds is 13.